The number of hydrogen-bond donors (Lipinski definition) is 0. The van der Waals surface area contributed by atoms with Gasteiger partial charge in [0.05, 0.1) is 5.33 Å². The monoisotopic (exact) mass is 282 g/mol. The Labute approximate surface area is 102 Å². The van der Waals surface area contributed by atoms with Gasteiger partial charge >= 0.3 is 0 Å². The van der Waals surface area contributed by atoms with Crippen LogP contribution >= 0.6 is 15.9 Å². The van der Waals surface area contributed by atoms with Crippen LogP contribution < -0.4 is 9.47 Å². The second-order valence-electron chi connectivity index (χ2n) is 4.29. The summed E-state index contributed by atoms with van der Waals surface area (Å²) in [5, 5.41) is 0.330. The molecule has 0 bridgehead atoms. The van der Waals surface area contributed by atoms with E-state index in [0.29, 0.717) is 23.2 Å². The van der Waals surface area contributed by atoms with E-state index in [1.54, 1.807) is 12.1 Å². The Hall–Kier alpha value is -1.03. The van der Waals surface area contributed by atoms with Crippen molar-refractivity contribution in [1.82, 2.24) is 0 Å². The first-order chi connectivity index (χ1) is 7.72. The van der Waals surface area contributed by atoms with Gasteiger partial charge in [-0.05, 0) is 31.0 Å². The SMILES string of the molecule is O=C(CBr)c1ccc2c(c1)OCC1(CC1)O2. The van der Waals surface area contributed by atoms with Crippen LogP contribution in [0.15, 0.2) is 18.2 Å². The second-order valence-corrected chi connectivity index (χ2v) is 4.85. The molecule has 1 aliphatic heterocycles. The quantitative estimate of drug-likeness (QED) is 0.618. The van der Waals surface area contributed by atoms with Crippen molar-refractivity contribution in [3.05, 3.63) is 23.8 Å². The van der Waals surface area contributed by atoms with Crippen molar-refractivity contribution < 1.29 is 14.3 Å². The second kappa shape index (κ2) is 3.48. The highest BCUT2D eigenvalue weighted by Crippen LogP contribution is 2.47. The van der Waals surface area contributed by atoms with Gasteiger partial charge in [-0.15, -0.1) is 0 Å². The molecule has 1 heterocycles. The molecule has 0 unspecified atom stereocenters. The van der Waals surface area contributed by atoms with Gasteiger partial charge in [0.15, 0.2) is 17.3 Å². The molecule has 4 heteroatoms. The minimum atomic E-state index is -0.0616. The topological polar surface area (TPSA) is 35.5 Å². The maximum Gasteiger partial charge on any atom is 0.173 e. The van der Waals surface area contributed by atoms with Crippen molar-refractivity contribution in [2.24, 2.45) is 0 Å². The van der Waals surface area contributed by atoms with Gasteiger partial charge in [0, 0.05) is 5.56 Å². The Morgan fingerprint density at radius 3 is 2.88 bits per heavy atom. The van der Waals surface area contributed by atoms with Gasteiger partial charge in [0.25, 0.3) is 0 Å². The molecule has 0 radical (unpaired) electrons. The van der Waals surface area contributed by atoms with Crippen molar-refractivity contribution in [3.8, 4) is 11.5 Å². The summed E-state index contributed by atoms with van der Waals surface area (Å²) >= 11 is 3.15. The Balaban J connectivity index is 1.91. The van der Waals surface area contributed by atoms with Gasteiger partial charge in [-0.1, -0.05) is 15.9 Å². The van der Waals surface area contributed by atoms with E-state index in [-0.39, 0.29) is 11.4 Å². The van der Waals surface area contributed by atoms with Gasteiger partial charge < -0.3 is 9.47 Å². The van der Waals surface area contributed by atoms with E-state index in [1.807, 2.05) is 6.07 Å². The van der Waals surface area contributed by atoms with Gasteiger partial charge in [0.1, 0.15) is 12.2 Å². The van der Waals surface area contributed by atoms with Crippen LogP contribution in [0.3, 0.4) is 0 Å². The molecule has 1 aliphatic carbocycles. The summed E-state index contributed by atoms with van der Waals surface area (Å²) < 4.78 is 11.5. The summed E-state index contributed by atoms with van der Waals surface area (Å²) in [5.41, 5.74) is 0.597. The molecule has 0 amide bonds. The number of alkyl halides is 1. The Morgan fingerprint density at radius 2 is 2.19 bits per heavy atom. The molecule has 1 fully saturated rings. The van der Waals surface area contributed by atoms with E-state index < -0.39 is 0 Å². The summed E-state index contributed by atoms with van der Waals surface area (Å²) in [5.74, 6) is 1.50. The first-order valence-electron chi connectivity index (χ1n) is 5.27. The largest absolute Gasteiger partial charge is 0.486 e. The van der Waals surface area contributed by atoms with Crippen LogP contribution in [-0.2, 0) is 0 Å². The van der Waals surface area contributed by atoms with Crippen LogP contribution in [0.5, 0.6) is 11.5 Å². The fraction of sp³-hybridized carbons (Fsp3) is 0.417. The Morgan fingerprint density at radius 1 is 1.38 bits per heavy atom. The van der Waals surface area contributed by atoms with Crippen LogP contribution in [0, 0.1) is 0 Å². The number of ketones is 1. The molecule has 3 nitrogen and oxygen atoms in total. The van der Waals surface area contributed by atoms with E-state index in [9.17, 15) is 4.79 Å². The lowest BCUT2D eigenvalue weighted by Gasteiger charge is -2.26. The molecule has 1 aromatic rings. The maximum atomic E-state index is 11.5. The van der Waals surface area contributed by atoms with Crippen molar-refractivity contribution in [2.45, 2.75) is 18.4 Å². The lowest BCUT2D eigenvalue weighted by Crippen LogP contribution is -2.31. The maximum absolute atomic E-state index is 11.5. The van der Waals surface area contributed by atoms with E-state index in [0.717, 1.165) is 18.6 Å². The molecule has 1 aromatic carbocycles. The van der Waals surface area contributed by atoms with E-state index in [1.165, 1.54) is 0 Å². The smallest absolute Gasteiger partial charge is 0.173 e. The molecule has 0 N–H and O–H groups in total. The molecule has 1 saturated carbocycles. The summed E-state index contributed by atoms with van der Waals surface area (Å²) in [6.07, 6.45) is 2.13. The molecule has 2 aliphatic rings. The fourth-order valence-electron chi connectivity index (χ4n) is 1.81. The van der Waals surface area contributed by atoms with E-state index >= 15 is 0 Å². The van der Waals surface area contributed by atoms with Crippen LogP contribution in [0.25, 0.3) is 0 Å². The average molecular weight is 283 g/mol. The molecule has 16 heavy (non-hydrogen) atoms. The Kier molecular flexibility index (Phi) is 2.21. The van der Waals surface area contributed by atoms with Crippen LogP contribution in [-0.4, -0.2) is 23.3 Å². The lowest BCUT2D eigenvalue weighted by molar-refractivity contribution is 0.0716. The standard InChI is InChI=1S/C12H11BrO3/c13-6-9(14)8-1-2-10-11(5-8)15-7-12(16-10)3-4-12/h1-2,5H,3-4,6-7H2. The predicted octanol–water partition coefficient (Wildman–Crippen LogP) is 2.57. The molecular weight excluding hydrogens is 272 g/mol. The number of hydrogen-bond acceptors (Lipinski definition) is 3. The Bertz CT molecular complexity index is 452. The summed E-state index contributed by atoms with van der Waals surface area (Å²) in [6, 6.07) is 5.37. The number of halogens is 1. The summed E-state index contributed by atoms with van der Waals surface area (Å²) in [4.78, 5) is 11.5. The summed E-state index contributed by atoms with van der Waals surface area (Å²) in [7, 11) is 0. The molecule has 1 spiro atoms. The zero-order chi connectivity index (χ0) is 11.2. The number of benzene rings is 1. The third-order valence-electron chi connectivity index (χ3n) is 3.01. The molecule has 0 saturated heterocycles. The van der Waals surface area contributed by atoms with Gasteiger partial charge in [-0.2, -0.15) is 0 Å². The molecule has 84 valence electrons. The predicted molar refractivity (Wildman–Crippen MR) is 62.7 cm³/mol. The summed E-state index contributed by atoms with van der Waals surface area (Å²) in [6.45, 7) is 0.603. The van der Waals surface area contributed by atoms with Crippen LogP contribution in [0.2, 0.25) is 0 Å². The first-order valence-corrected chi connectivity index (χ1v) is 6.40. The zero-order valence-corrected chi connectivity index (χ0v) is 10.2. The normalized spacial score (nSPS) is 19.6. The molecule has 0 atom stereocenters. The van der Waals surface area contributed by atoms with E-state index in [4.69, 9.17) is 9.47 Å². The third kappa shape index (κ3) is 1.61. The minimum absolute atomic E-state index is 0.0538. The number of carbonyl (C=O) groups excluding carboxylic acids is 1. The fourth-order valence-corrected chi connectivity index (χ4v) is 2.14. The third-order valence-corrected chi connectivity index (χ3v) is 3.52. The molecular formula is C12H11BrO3. The van der Waals surface area contributed by atoms with Crippen molar-refractivity contribution in [2.75, 3.05) is 11.9 Å². The highest BCUT2D eigenvalue weighted by Gasteiger charge is 2.49. The van der Waals surface area contributed by atoms with Crippen molar-refractivity contribution in [1.29, 1.82) is 0 Å². The highest BCUT2D eigenvalue weighted by molar-refractivity contribution is 9.09. The number of Topliss-reactive ketones (excluding diaryl/α,β-unsaturated/α-hetero) is 1. The minimum Gasteiger partial charge on any atom is -0.486 e. The van der Waals surface area contributed by atoms with Crippen molar-refractivity contribution >= 4 is 21.7 Å². The zero-order valence-electron chi connectivity index (χ0n) is 8.66. The van der Waals surface area contributed by atoms with Crippen LogP contribution in [0.4, 0.5) is 0 Å². The van der Waals surface area contributed by atoms with Gasteiger partial charge in [-0.25, -0.2) is 0 Å². The number of ether oxygens (including phenoxy) is 2. The van der Waals surface area contributed by atoms with Crippen molar-refractivity contribution in [3.63, 3.8) is 0 Å². The number of rotatable bonds is 2. The number of carbonyl (C=O) groups is 1. The highest BCUT2D eigenvalue weighted by atomic mass is 79.9. The first kappa shape index (κ1) is 10.1. The lowest BCUT2D eigenvalue weighted by atomic mass is 10.1. The average Bonchev–Trinajstić information content (AvgIpc) is 3.07. The molecule has 0 aromatic heterocycles. The van der Waals surface area contributed by atoms with E-state index in [2.05, 4.69) is 15.9 Å². The van der Waals surface area contributed by atoms with Gasteiger partial charge in [0.2, 0.25) is 0 Å². The number of fused-ring (bicyclic) bond motifs is 1. The van der Waals surface area contributed by atoms with Crippen LogP contribution in [0.1, 0.15) is 23.2 Å². The van der Waals surface area contributed by atoms with Gasteiger partial charge in [-0.3, -0.25) is 4.79 Å². The molecule has 3 rings (SSSR count).